The summed E-state index contributed by atoms with van der Waals surface area (Å²) in [5, 5.41) is 5.83. The van der Waals surface area contributed by atoms with Crippen molar-refractivity contribution >= 4 is 23.2 Å². The molecule has 0 atom stereocenters. The van der Waals surface area contributed by atoms with Gasteiger partial charge < -0.3 is 29.6 Å². The first-order valence-corrected chi connectivity index (χ1v) is 13.2. The predicted octanol–water partition coefficient (Wildman–Crippen LogP) is 5.44. The molecular formula is C34H28N2O6. The zero-order valence-electron chi connectivity index (χ0n) is 23.5. The second-order valence-corrected chi connectivity index (χ2v) is 9.70. The van der Waals surface area contributed by atoms with E-state index in [0.29, 0.717) is 45.5 Å². The third-order valence-corrected chi connectivity index (χ3v) is 7.46. The Hall–Kier alpha value is -5.50. The van der Waals surface area contributed by atoms with Crippen LogP contribution < -0.4 is 29.6 Å². The molecular weight excluding hydrogens is 532 g/mol. The lowest BCUT2D eigenvalue weighted by Crippen LogP contribution is -2.21. The number of ether oxygens (including phenoxy) is 4. The minimum atomic E-state index is -0.318. The molecule has 0 aromatic heterocycles. The highest BCUT2D eigenvalue weighted by Crippen LogP contribution is 2.39. The summed E-state index contributed by atoms with van der Waals surface area (Å²) in [6.07, 6.45) is 0. The summed E-state index contributed by atoms with van der Waals surface area (Å²) in [5.74, 6) is 1.93. The Kier molecular flexibility index (Phi) is 6.88. The average molecular weight is 561 g/mol. The highest BCUT2D eigenvalue weighted by molar-refractivity contribution is 6.30. The molecule has 0 saturated carbocycles. The lowest BCUT2D eigenvalue weighted by molar-refractivity contribution is -0.117. The molecule has 8 nitrogen and oxygen atoms in total. The number of carbonyl (C=O) groups is 2. The number of carbonyl (C=O) groups excluding carboxylic acids is 2. The summed E-state index contributed by atoms with van der Waals surface area (Å²) < 4.78 is 21.5. The fourth-order valence-corrected chi connectivity index (χ4v) is 5.30. The quantitative estimate of drug-likeness (QED) is 0.298. The molecule has 0 radical (unpaired) electrons. The van der Waals surface area contributed by atoms with E-state index in [1.807, 2.05) is 84.9 Å². The SMILES string of the molecule is COc1ccc(-c2ccc(C3=C4C(=O)NC(c5ccc(-c6ccc(OC)c(OC)c6)cc5)=C4C(=O)N3)cc2)cc1OC. The smallest absolute Gasteiger partial charge is 0.258 e. The van der Waals surface area contributed by atoms with Crippen LogP contribution in [0.4, 0.5) is 0 Å². The Bertz CT molecular complexity index is 1650. The van der Waals surface area contributed by atoms with Gasteiger partial charge in [0.05, 0.1) is 51.0 Å². The van der Waals surface area contributed by atoms with Crippen LogP contribution >= 0.6 is 0 Å². The van der Waals surface area contributed by atoms with Crippen molar-refractivity contribution in [3.05, 3.63) is 107 Å². The van der Waals surface area contributed by atoms with E-state index in [2.05, 4.69) is 10.6 Å². The zero-order chi connectivity index (χ0) is 29.4. The molecule has 2 N–H and O–H groups in total. The molecule has 0 unspecified atom stereocenters. The number of hydrogen-bond acceptors (Lipinski definition) is 6. The lowest BCUT2D eigenvalue weighted by atomic mass is 9.98. The van der Waals surface area contributed by atoms with Crippen LogP contribution in [0, 0.1) is 0 Å². The van der Waals surface area contributed by atoms with Crippen molar-refractivity contribution in [2.45, 2.75) is 0 Å². The Morgan fingerprint density at radius 3 is 1.05 bits per heavy atom. The molecule has 0 bridgehead atoms. The Balaban J connectivity index is 1.31. The molecule has 0 saturated heterocycles. The van der Waals surface area contributed by atoms with Gasteiger partial charge in [0.15, 0.2) is 23.0 Å². The highest BCUT2D eigenvalue weighted by atomic mass is 16.5. The molecule has 4 aromatic carbocycles. The third-order valence-electron chi connectivity index (χ3n) is 7.46. The van der Waals surface area contributed by atoms with Crippen molar-refractivity contribution in [1.82, 2.24) is 10.6 Å². The maximum Gasteiger partial charge on any atom is 0.258 e. The van der Waals surface area contributed by atoms with E-state index in [4.69, 9.17) is 18.9 Å². The van der Waals surface area contributed by atoms with Crippen molar-refractivity contribution in [2.24, 2.45) is 0 Å². The van der Waals surface area contributed by atoms with Crippen LogP contribution in [0.25, 0.3) is 33.6 Å². The molecule has 8 heteroatoms. The summed E-state index contributed by atoms with van der Waals surface area (Å²) in [6.45, 7) is 0. The molecule has 4 aromatic rings. The molecule has 2 heterocycles. The second kappa shape index (κ2) is 10.8. The number of fused-ring (bicyclic) bond motifs is 1. The largest absolute Gasteiger partial charge is 0.493 e. The molecule has 0 aliphatic carbocycles. The van der Waals surface area contributed by atoms with E-state index >= 15 is 0 Å². The number of amides is 2. The van der Waals surface area contributed by atoms with Gasteiger partial charge in [-0.25, -0.2) is 0 Å². The van der Waals surface area contributed by atoms with Crippen molar-refractivity contribution in [2.75, 3.05) is 28.4 Å². The van der Waals surface area contributed by atoms with Gasteiger partial charge in [-0.15, -0.1) is 0 Å². The zero-order valence-corrected chi connectivity index (χ0v) is 23.5. The molecule has 210 valence electrons. The van der Waals surface area contributed by atoms with Gasteiger partial charge in [-0.2, -0.15) is 0 Å². The maximum atomic E-state index is 13.2. The van der Waals surface area contributed by atoms with Crippen molar-refractivity contribution in [3.8, 4) is 45.3 Å². The summed E-state index contributed by atoms with van der Waals surface area (Å²) in [4.78, 5) is 26.3. The van der Waals surface area contributed by atoms with Crippen LogP contribution in [-0.4, -0.2) is 40.3 Å². The fourth-order valence-electron chi connectivity index (χ4n) is 5.30. The minimum absolute atomic E-state index is 0.318. The molecule has 42 heavy (non-hydrogen) atoms. The van der Waals surface area contributed by atoms with Crippen LogP contribution in [0.1, 0.15) is 11.1 Å². The summed E-state index contributed by atoms with van der Waals surface area (Å²) in [7, 11) is 6.39. The van der Waals surface area contributed by atoms with Crippen LogP contribution in [0.3, 0.4) is 0 Å². The molecule has 0 fully saturated rings. The van der Waals surface area contributed by atoms with Crippen LogP contribution in [0.15, 0.2) is 96.1 Å². The Morgan fingerprint density at radius 1 is 0.405 bits per heavy atom. The molecule has 2 aliphatic rings. The van der Waals surface area contributed by atoms with Crippen molar-refractivity contribution in [1.29, 1.82) is 0 Å². The van der Waals surface area contributed by atoms with Gasteiger partial charge in [0.1, 0.15) is 0 Å². The van der Waals surface area contributed by atoms with E-state index < -0.39 is 0 Å². The van der Waals surface area contributed by atoms with Gasteiger partial charge in [0, 0.05) is 0 Å². The van der Waals surface area contributed by atoms with E-state index in [-0.39, 0.29) is 11.8 Å². The Morgan fingerprint density at radius 2 is 0.714 bits per heavy atom. The first-order chi connectivity index (χ1) is 20.4. The molecule has 6 rings (SSSR count). The third kappa shape index (κ3) is 4.53. The van der Waals surface area contributed by atoms with Gasteiger partial charge >= 0.3 is 0 Å². The van der Waals surface area contributed by atoms with Gasteiger partial charge in [-0.1, -0.05) is 60.7 Å². The normalized spacial score (nSPS) is 14.0. The maximum absolute atomic E-state index is 13.2. The minimum Gasteiger partial charge on any atom is -0.493 e. The van der Waals surface area contributed by atoms with Crippen LogP contribution in [0.2, 0.25) is 0 Å². The van der Waals surface area contributed by atoms with Gasteiger partial charge in [0.25, 0.3) is 11.8 Å². The first kappa shape index (κ1) is 26.7. The predicted molar refractivity (Wildman–Crippen MR) is 160 cm³/mol. The number of benzene rings is 4. The van der Waals surface area contributed by atoms with Crippen LogP contribution in [0.5, 0.6) is 23.0 Å². The first-order valence-electron chi connectivity index (χ1n) is 13.2. The van der Waals surface area contributed by atoms with E-state index in [1.165, 1.54) is 0 Å². The van der Waals surface area contributed by atoms with Gasteiger partial charge in [0.2, 0.25) is 0 Å². The highest BCUT2D eigenvalue weighted by Gasteiger charge is 2.40. The standard InChI is InChI=1S/C34H28N2O6/c1-39-25-15-13-23(17-27(25)41-3)19-5-9-21(10-6-19)31-29-30(34(38)35-31)32(36-33(29)37)22-11-7-20(8-12-22)24-14-16-26(40-2)28(18-24)42-4/h5-18H,1-4H3,(H,35,38)(H,36,37). The van der Waals surface area contributed by atoms with Gasteiger partial charge in [-0.3, -0.25) is 9.59 Å². The Labute approximate surface area is 243 Å². The van der Waals surface area contributed by atoms with Crippen LogP contribution in [-0.2, 0) is 9.59 Å². The molecule has 0 spiro atoms. The van der Waals surface area contributed by atoms with Crippen molar-refractivity contribution in [3.63, 3.8) is 0 Å². The average Bonchev–Trinajstić information content (AvgIpc) is 3.57. The van der Waals surface area contributed by atoms with Gasteiger partial charge in [-0.05, 0) is 57.6 Å². The monoisotopic (exact) mass is 560 g/mol. The molecule has 2 aliphatic heterocycles. The van der Waals surface area contributed by atoms with E-state index in [0.717, 1.165) is 33.4 Å². The lowest BCUT2D eigenvalue weighted by Gasteiger charge is -2.11. The van der Waals surface area contributed by atoms with E-state index in [1.54, 1.807) is 28.4 Å². The number of hydrogen-bond donors (Lipinski definition) is 2. The number of rotatable bonds is 8. The fraction of sp³-hybridized carbons (Fsp3) is 0.118. The summed E-state index contributed by atoms with van der Waals surface area (Å²) in [6, 6.07) is 26.7. The second-order valence-electron chi connectivity index (χ2n) is 9.70. The summed E-state index contributed by atoms with van der Waals surface area (Å²) >= 11 is 0. The number of nitrogens with one attached hydrogen (secondary N) is 2. The number of methoxy groups -OCH3 is 4. The summed E-state index contributed by atoms with van der Waals surface area (Å²) in [5.41, 5.74) is 6.95. The van der Waals surface area contributed by atoms with E-state index in [9.17, 15) is 9.59 Å². The van der Waals surface area contributed by atoms with Crippen molar-refractivity contribution < 1.29 is 28.5 Å². The molecule has 2 amide bonds. The topological polar surface area (TPSA) is 95.1 Å².